The van der Waals surface area contributed by atoms with E-state index < -0.39 is 10.9 Å². The molecule has 0 fully saturated rings. The van der Waals surface area contributed by atoms with Gasteiger partial charge < -0.3 is 14.2 Å². The number of aliphatic imine (C=N–C) groups is 1. The Morgan fingerprint density at radius 3 is 2.56 bits per heavy atom. The van der Waals surface area contributed by atoms with Gasteiger partial charge in [-0.15, -0.1) is 0 Å². The molecule has 172 valence electrons. The number of methoxy groups -OCH3 is 1. The van der Waals surface area contributed by atoms with Gasteiger partial charge >= 0.3 is 5.97 Å². The third kappa shape index (κ3) is 5.03. The number of carbonyl (C=O) groups is 1. The second kappa shape index (κ2) is 9.94. The van der Waals surface area contributed by atoms with E-state index in [0.29, 0.717) is 23.7 Å². The Morgan fingerprint density at radius 1 is 1.09 bits per heavy atom. The van der Waals surface area contributed by atoms with Gasteiger partial charge in [0, 0.05) is 11.6 Å². The lowest BCUT2D eigenvalue weighted by molar-refractivity contribution is -0.384. The van der Waals surface area contributed by atoms with Gasteiger partial charge in [0.25, 0.3) is 5.69 Å². The van der Waals surface area contributed by atoms with E-state index in [4.69, 9.17) is 37.4 Å². The monoisotopic (exact) mass is 498 g/mol. The van der Waals surface area contributed by atoms with Gasteiger partial charge in [0.15, 0.2) is 17.2 Å². The first-order valence-electron chi connectivity index (χ1n) is 9.87. The smallest absolute Gasteiger partial charge is 0.363 e. The first-order chi connectivity index (χ1) is 16.4. The summed E-state index contributed by atoms with van der Waals surface area (Å²) in [6.07, 6.45) is 1.47. The molecule has 10 heteroatoms. The van der Waals surface area contributed by atoms with Crippen LogP contribution in [0, 0.1) is 10.1 Å². The van der Waals surface area contributed by atoms with Crippen molar-refractivity contribution in [1.82, 2.24) is 0 Å². The highest BCUT2D eigenvalue weighted by Crippen LogP contribution is 2.38. The van der Waals surface area contributed by atoms with Crippen molar-refractivity contribution >= 4 is 46.8 Å². The average Bonchev–Trinajstić information content (AvgIpc) is 3.18. The number of hydrogen-bond donors (Lipinski definition) is 0. The molecule has 0 aromatic heterocycles. The van der Waals surface area contributed by atoms with Crippen LogP contribution in [0.4, 0.5) is 5.69 Å². The molecule has 1 heterocycles. The van der Waals surface area contributed by atoms with E-state index in [1.165, 1.54) is 31.4 Å². The summed E-state index contributed by atoms with van der Waals surface area (Å²) in [6.45, 7) is 0.296. The molecule has 1 aliphatic heterocycles. The van der Waals surface area contributed by atoms with E-state index in [0.717, 1.165) is 5.56 Å². The van der Waals surface area contributed by atoms with Crippen molar-refractivity contribution < 1.29 is 23.9 Å². The van der Waals surface area contributed by atoms with Gasteiger partial charge in [0.2, 0.25) is 5.90 Å². The molecule has 0 unspecified atom stereocenters. The van der Waals surface area contributed by atoms with Crippen LogP contribution < -0.4 is 9.47 Å². The van der Waals surface area contributed by atoms with Gasteiger partial charge in [-0.3, -0.25) is 10.1 Å². The number of rotatable bonds is 7. The Balaban J connectivity index is 1.61. The topological polar surface area (TPSA) is 100 Å². The molecule has 0 radical (unpaired) electrons. The fraction of sp³-hybridized carbons (Fsp3) is 0.0833. The van der Waals surface area contributed by atoms with Crippen LogP contribution >= 0.6 is 23.2 Å². The van der Waals surface area contributed by atoms with E-state index in [1.54, 1.807) is 12.1 Å². The zero-order valence-corrected chi connectivity index (χ0v) is 19.2. The molecule has 0 N–H and O–H groups in total. The molecule has 1 aliphatic rings. The van der Waals surface area contributed by atoms with Gasteiger partial charge in [-0.1, -0.05) is 53.5 Å². The molecule has 3 aromatic carbocycles. The van der Waals surface area contributed by atoms with Gasteiger partial charge in [-0.2, -0.15) is 0 Å². The fourth-order valence-corrected chi connectivity index (χ4v) is 3.63. The molecule has 0 spiro atoms. The summed E-state index contributed by atoms with van der Waals surface area (Å²) < 4.78 is 16.5. The van der Waals surface area contributed by atoms with Crippen LogP contribution in [0.25, 0.3) is 6.08 Å². The summed E-state index contributed by atoms with van der Waals surface area (Å²) >= 11 is 12.3. The van der Waals surface area contributed by atoms with E-state index in [-0.39, 0.29) is 32.9 Å². The lowest BCUT2D eigenvalue weighted by atomic mass is 10.1. The van der Waals surface area contributed by atoms with Crippen molar-refractivity contribution in [2.45, 2.75) is 6.61 Å². The van der Waals surface area contributed by atoms with Crippen molar-refractivity contribution in [3.63, 3.8) is 0 Å². The Morgan fingerprint density at radius 2 is 1.85 bits per heavy atom. The third-order valence-electron chi connectivity index (χ3n) is 4.79. The number of cyclic esters (lactones) is 1. The summed E-state index contributed by atoms with van der Waals surface area (Å²) in [6, 6.07) is 16.8. The van der Waals surface area contributed by atoms with Gasteiger partial charge in [-0.25, -0.2) is 9.79 Å². The van der Waals surface area contributed by atoms with Crippen molar-refractivity contribution in [3.8, 4) is 11.5 Å². The van der Waals surface area contributed by atoms with E-state index in [2.05, 4.69) is 4.99 Å². The summed E-state index contributed by atoms with van der Waals surface area (Å²) in [5.41, 5.74) is 1.40. The molecule has 0 bridgehead atoms. The molecule has 0 saturated carbocycles. The zero-order valence-electron chi connectivity index (χ0n) is 17.7. The Bertz CT molecular complexity index is 1340. The molecule has 0 saturated heterocycles. The fourth-order valence-electron chi connectivity index (χ4n) is 3.17. The van der Waals surface area contributed by atoms with Gasteiger partial charge in [0.1, 0.15) is 11.6 Å². The predicted octanol–water partition coefficient (Wildman–Crippen LogP) is 5.83. The van der Waals surface area contributed by atoms with Crippen LogP contribution in [0.3, 0.4) is 0 Å². The van der Waals surface area contributed by atoms with E-state index in [1.807, 2.05) is 30.3 Å². The first kappa shape index (κ1) is 23.3. The normalized spacial score (nSPS) is 14.0. The van der Waals surface area contributed by atoms with Crippen LogP contribution in [-0.2, 0) is 16.1 Å². The molecular weight excluding hydrogens is 483 g/mol. The molecular formula is C24H16Cl2N2O6. The predicted molar refractivity (Wildman–Crippen MR) is 127 cm³/mol. The highest BCUT2D eigenvalue weighted by molar-refractivity contribution is 6.33. The van der Waals surface area contributed by atoms with Crippen LogP contribution in [0.5, 0.6) is 11.5 Å². The summed E-state index contributed by atoms with van der Waals surface area (Å²) in [5.74, 6) is -0.0509. The van der Waals surface area contributed by atoms with Crippen molar-refractivity contribution in [1.29, 1.82) is 0 Å². The number of halogens is 2. The number of esters is 1. The SMILES string of the molecule is COc1cc(/C=C2\N=C(c3ccc(Cl)c([N+](=O)[O-])c3)OC2=O)cc(Cl)c1OCc1ccccc1. The Kier molecular flexibility index (Phi) is 6.81. The molecule has 8 nitrogen and oxygen atoms in total. The molecule has 3 aromatic rings. The number of hydrogen-bond acceptors (Lipinski definition) is 7. The van der Waals surface area contributed by atoms with Crippen molar-refractivity contribution in [3.05, 3.63) is 103 Å². The lowest BCUT2D eigenvalue weighted by Crippen LogP contribution is -2.06. The lowest BCUT2D eigenvalue weighted by Gasteiger charge is -2.13. The zero-order chi connectivity index (χ0) is 24.2. The third-order valence-corrected chi connectivity index (χ3v) is 5.39. The maximum atomic E-state index is 12.4. The quantitative estimate of drug-likeness (QED) is 0.175. The minimum Gasteiger partial charge on any atom is -0.493 e. The molecule has 4 rings (SSSR count). The first-order valence-corrected chi connectivity index (χ1v) is 10.6. The average molecular weight is 499 g/mol. The Hall–Kier alpha value is -3.88. The van der Waals surface area contributed by atoms with Crippen molar-refractivity contribution in [2.75, 3.05) is 7.11 Å². The van der Waals surface area contributed by atoms with Crippen LogP contribution in [0.15, 0.2) is 71.4 Å². The Labute approximate surface area is 204 Å². The minimum atomic E-state index is -0.716. The number of ether oxygens (including phenoxy) is 3. The van der Waals surface area contributed by atoms with Crippen LogP contribution in [-0.4, -0.2) is 23.9 Å². The molecule has 34 heavy (non-hydrogen) atoms. The second-order valence-electron chi connectivity index (χ2n) is 7.07. The second-order valence-corrected chi connectivity index (χ2v) is 7.88. The molecule has 0 amide bonds. The standard InChI is InChI=1S/C24H16Cl2N2O6/c1-32-21-11-15(9-18(26)22(21)33-13-14-5-3-2-4-6-14)10-19-24(29)34-23(27-19)16-7-8-17(25)20(12-16)28(30)31/h2-12H,13H2,1H3/b19-10-. The number of nitrogens with zero attached hydrogens (tertiary/aromatic N) is 2. The van der Waals surface area contributed by atoms with Crippen LogP contribution in [0.1, 0.15) is 16.7 Å². The maximum Gasteiger partial charge on any atom is 0.363 e. The van der Waals surface area contributed by atoms with E-state index >= 15 is 0 Å². The minimum absolute atomic E-state index is 0.0105. The molecule has 0 aliphatic carbocycles. The highest BCUT2D eigenvalue weighted by Gasteiger charge is 2.26. The number of carbonyl (C=O) groups excluding carboxylic acids is 1. The summed E-state index contributed by atoms with van der Waals surface area (Å²) in [7, 11) is 1.48. The number of benzene rings is 3. The number of nitro groups is 1. The van der Waals surface area contributed by atoms with Gasteiger partial charge in [-0.05, 0) is 41.5 Å². The largest absolute Gasteiger partial charge is 0.493 e. The van der Waals surface area contributed by atoms with E-state index in [9.17, 15) is 14.9 Å². The highest BCUT2D eigenvalue weighted by atomic mass is 35.5. The van der Waals surface area contributed by atoms with Crippen LogP contribution in [0.2, 0.25) is 10.0 Å². The maximum absolute atomic E-state index is 12.4. The summed E-state index contributed by atoms with van der Waals surface area (Å²) in [4.78, 5) is 27.0. The van der Waals surface area contributed by atoms with Crippen molar-refractivity contribution in [2.24, 2.45) is 4.99 Å². The number of nitro benzene ring substituents is 1. The summed E-state index contributed by atoms with van der Waals surface area (Å²) in [5, 5.41) is 11.4. The van der Waals surface area contributed by atoms with Gasteiger partial charge in [0.05, 0.1) is 17.1 Å². The molecule has 0 atom stereocenters.